The predicted molar refractivity (Wildman–Crippen MR) is 84.4 cm³/mol. The summed E-state index contributed by atoms with van der Waals surface area (Å²) >= 11 is 0. The number of ether oxygens (including phenoxy) is 1. The number of nitrogens with zero attached hydrogens (tertiary/aromatic N) is 1. The van der Waals surface area contributed by atoms with Gasteiger partial charge in [-0.05, 0) is 44.8 Å². The molecule has 0 aliphatic heterocycles. The highest BCUT2D eigenvalue weighted by atomic mass is 16.5. The summed E-state index contributed by atoms with van der Waals surface area (Å²) in [5.74, 6) is 2.88. The fourth-order valence-electron chi connectivity index (χ4n) is 2.44. The summed E-state index contributed by atoms with van der Waals surface area (Å²) in [6.45, 7) is 4.54. The van der Waals surface area contributed by atoms with Crippen LogP contribution in [0.3, 0.4) is 0 Å². The fourth-order valence-corrected chi connectivity index (χ4v) is 2.44. The number of methoxy groups -OCH3 is 1. The second kappa shape index (κ2) is 7.29. The van der Waals surface area contributed by atoms with Gasteiger partial charge in [0.1, 0.15) is 17.3 Å². The third-order valence-electron chi connectivity index (χ3n) is 3.45. The Balaban J connectivity index is 1.99. The molecule has 114 valence electrons. The van der Waals surface area contributed by atoms with Crippen molar-refractivity contribution in [3.63, 3.8) is 0 Å². The lowest BCUT2D eigenvalue weighted by atomic mass is 10.2. The first-order valence-electron chi connectivity index (χ1n) is 7.16. The highest BCUT2D eigenvalue weighted by Gasteiger charge is 2.10. The van der Waals surface area contributed by atoms with E-state index in [-0.39, 0.29) is 0 Å². The first kappa shape index (κ1) is 15.6. The third-order valence-corrected chi connectivity index (χ3v) is 3.45. The van der Waals surface area contributed by atoms with Crippen LogP contribution in [-0.4, -0.2) is 26.1 Å². The van der Waals surface area contributed by atoms with Crippen molar-refractivity contribution in [2.24, 2.45) is 0 Å². The molecule has 0 radical (unpaired) electrons. The van der Waals surface area contributed by atoms with Crippen LogP contribution in [0, 0.1) is 6.92 Å². The van der Waals surface area contributed by atoms with Gasteiger partial charge in [-0.3, -0.25) is 4.90 Å². The third kappa shape index (κ3) is 4.34. The van der Waals surface area contributed by atoms with Gasteiger partial charge in [0, 0.05) is 18.7 Å². The molecule has 0 saturated carbocycles. The van der Waals surface area contributed by atoms with Gasteiger partial charge in [-0.15, -0.1) is 0 Å². The highest BCUT2D eigenvalue weighted by molar-refractivity contribution is 5.28. The zero-order valence-corrected chi connectivity index (χ0v) is 13.3. The standard InChI is InChI=1S/C17H24N2O2/c1-13-15(9-17(21-13)10-18-2)12-19(3)11-14-6-5-7-16(8-14)20-4/h5-9,18H,10-12H2,1-4H3. The lowest BCUT2D eigenvalue weighted by Crippen LogP contribution is -2.17. The Morgan fingerprint density at radius 2 is 2.05 bits per heavy atom. The maximum absolute atomic E-state index is 5.73. The first-order valence-corrected chi connectivity index (χ1v) is 7.16. The molecular formula is C17H24N2O2. The SMILES string of the molecule is CNCc1cc(CN(C)Cc2cccc(OC)c2)c(C)o1. The van der Waals surface area contributed by atoms with E-state index in [2.05, 4.69) is 35.5 Å². The molecule has 0 amide bonds. The topological polar surface area (TPSA) is 37.6 Å². The molecule has 0 unspecified atom stereocenters. The van der Waals surface area contributed by atoms with Crippen molar-refractivity contribution < 1.29 is 9.15 Å². The molecule has 1 aromatic carbocycles. The Bertz CT molecular complexity index is 578. The molecule has 0 bridgehead atoms. The lowest BCUT2D eigenvalue weighted by Gasteiger charge is -2.16. The van der Waals surface area contributed by atoms with E-state index in [4.69, 9.17) is 9.15 Å². The Morgan fingerprint density at radius 3 is 2.76 bits per heavy atom. The molecule has 2 rings (SSSR count). The Labute approximate surface area is 126 Å². The van der Waals surface area contributed by atoms with Gasteiger partial charge in [0.2, 0.25) is 0 Å². The maximum atomic E-state index is 5.73. The van der Waals surface area contributed by atoms with Crippen LogP contribution in [0.1, 0.15) is 22.6 Å². The summed E-state index contributed by atoms with van der Waals surface area (Å²) in [6.07, 6.45) is 0. The quantitative estimate of drug-likeness (QED) is 0.850. The van der Waals surface area contributed by atoms with Crippen molar-refractivity contribution in [1.29, 1.82) is 0 Å². The van der Waals surface area contributed by atoms with E-state index < -0.39 is 0 Å². The minimum atomic E-state index is 0.764. The molecule has 0 fully saturated rings. The van der Waals surface area contributed by atoms with Crippen LogP contribution < -0.4 is 10.1 Å². The van der Waals surface area contributed by atoms with Gasteiger partial charge >= 0.3 is 0 Å². The molecule has 0 aliphatic carbocycles. The molecule has 0 atom stereocenters. The van der Waals surface area contributed by atoms with Gasteiger partial charge in [0.25, 0.3) is 0 Å². The maximum Gasteiger partial charge on any atom is 0.119 e. The normalized spacial score (nSPS) is 11.1. The summed E-state index contributed by atoms with van der Waals surface area (Å²) in [4.78, 5) is 2.27. The monoisotopic (exact) mass is 288 g/mol. The van der Waals surface area contributed by atoms with Crippen molar-refractivity contribution >= 4 is 0 Å². The minimum Gasteiger partial charge on any atom is -0.497 e. The average Bonchev–Trinajstić information content (AvgIpc) is 2.79. The van der Waals surface area contributed by atoms with Crippen molar-refractivity contribution in [1.82, 2.24) is 10.2 Å². The summed E-state index contributed by atoms with van der Waals surface area (Å²) in [5, 5.41) is 3.11. The van der Waals surface area contributed by atoms with E-state index in [1.54, 1.807) is 7.11 Å². The van der Waals surface area contributed by atoms with Gasteiger partial charge in [0.05, 0.1) is 13.7 Å². The van der Waals surface area contributed by atoms with Crippen molar-refractivity contribution in [3.05, 3.63) is 53.0 Å². The number of hydrogen-bond donors (Lipinski definition) is 1. The lowest BCUT2D eigenvalue weighted by molar-refractivity contribution is 0.315. The van der Waals surface area contributed by atoms with E-state index in [1.165, 1.54) is 11.1 Å². The van der Waals surface area contributed by atoms with Crippen molar-refractivity contribution in [3.8, 4) is 5.75 Å². The molecule has 21 heavy (non-hydrogen) atoms. The second-order valence-electron chi connectivity index (χ2n) is 5.35. The summed E-state index contributed by atoms with van der Waals surface area (Å²) < 4.78 is 11.0. The van der Waals surface area contributed by atoms with Crippen molar-refractivity contribution in [2.75, 3.05) is 21.2 Å². The van der Waals surface area contributed by atoms with Crippen LogP contribution in [0.5, 0.6) is 5.75 Å². The van der Waals surface area contributed by atoms with Crippen LogP contribution >= 0.6 is 0 Å². The van der Waals surface area contributed by atoms with Gasteiger partial charge in [0.15, 0.2) is 0 Å². The van der Waals surface area contributed by atoms with Crippen LogP contribution in [0.2, 0.25) is 0 Å². The number of hydrogen-bond acceptors (Lipinski definition) is 4. The van der Waals surface area contributed by atoms with Crippen molar-refractivity contribution in [2.45, 2.75) is 26.6 Å². The van der Waals surface area contributed by atoms with E-state index in [9.17, 15) is 0 Å². The van der Waals surface area contributed by atoms with Gasteiger partial charge in [-0.2, -0.15) is 0 Å². The van der Waals surface area contributed by atoms with E-state index in [0.29, 0.717) is 0 Å². The number of aryl methyl sites for hydroxylation is 1. The van der Waals surface area contributed by atoms with Crippen LogP contribution in [0.15, 0.2) is 34.7 Å². The van der Waals surface area contributed by atoms with Crippen LogP contribution in [0.25, 0.3) is 0 Å². The molecule has 2 aromatic rings. The molecule has 1 heterocycles. The number of nitrogens with one attached hydrogen (secondary N) is 1. The molecule has 4 heteroatoms. The molecule has 1 N–H and O–H groups in total. The Kier molecular flexibility index (Phi) is 5.42. The molecule has 1 aromatic heterocycles. The van der Waals surface area contributed by atoms with Gasteiger partial charge < -0.3 is 14.5 Å². The highest BCUT2D eigenvalue weighted by Crippen LogP contribution is 2.18. The summed E-state index contributed by atoms with van der Waals surface area (Å²) in [5.41, 5.74) is 2.49. The summed E-state index contributed by atoms with van der Waals surface area (Å²) in [7, 11) is 5.73. The Hall–Kier alpha value is -1.78. The van der Waals surface area contributed by atoms with Gasteiger partial charge in [-0.25, -0.2) is 0 Å². The molecule has 0 aliphatic rings. The molecule has 4 nitrogen and oxygen atoms in total. The average molecular weight is 288 g/mol. The van der Waals surface area contributed by atoms with Crippen LogP contribution in [0.4, 0.5) is 0 Å². The fraction of sp³-hybridized carbons (Fsp3) is 0.412. The largest absolute Gasteiger partial charge is 0.497 e. The van der Waals surface area contributed by atoms with E-state index >= 15 is 0 Å². The van der Waals surface area contributed by atoms with E-state index in [1.807, 2.05) is 26.1 Å². The van der Waals surface area contributed by atoms with Gasteiger partial charge in [-0.1, -0.05) is 12.1 Å². The van der Waals surface area contributed by atoms with E-state index in [0.717, 1.165) is 36.9 Å². The summed E-state index contributed by atoms with van der Waals surface area (Å²) in [6, 6.07) is 10.3. The smallest absolute Gasteiger partial charge is 0.119 e. The predicted octanol–water partition coefficient (Wildman–Crippen LogP) is 2.95. The molecule has 0 spiro atoms. The zero-order valence-electron chi connectivity index (χ0n) is 13.3. The zero-order chi connectivity index (χ0) is 15.2. The number of benzene rings is 1. The minimum absolute atomic E-state index is 0.764. The number of rotatable bonds is 7. The Morgan fingerprint density at radius 1 is 1.24 bits per heavy atom. The second-order valence-corrected chi connectivity index (χ2v) is 5.35. The molecule has 0 saturated heterocycles. The van der Waals surface area contributed by atoms with Crippen LogP contribution in [-0.2, 0) is 19.6 Å². The number of furan rings is 1. The first-order chi connectivity index (χ1) is 10.1. The molecular weight excluding hydrogens is 264 g/mol.